The average molecular weight is 142 g/mol. The van der Waals surface area contributed by atoms with Crippen LogP contribution in [0.25, 0.3) is 0 Å². The van der Waals surface area contributed by atoms with Crippen LogP contribution in [-0.4, -0.2) is 26.0 Å². The highest BCUT2D eigenvalue weighted by molar-refractivity contribution is 7.99. The number of thioether (sulfide) groups is 1. The van der Waals surface area contributed by atoms with Crippen molar-refractivity contribution in [1.29, 1.82) is 0 Å². The van der Waals surface area contributed by atoms with E-state index in [1.807, 2.05) is 4.68 Å². The minimum Gasteiger partial charge on any atom is -0.220 e. The van der Waals surface area contributed by atoms with Crippen molar-refractivity contribution in [2.24, 2.45) is 0 Å². The van der Waals surface area contributed by atoms with E-state index in [4.69, 9.17) is 0 Å². The predicted octanol–water partition coefficient (Wildman–Crippen LogP) is 0.169. The average Bonchev–Trinajstić information content (AvgIpc) is 2.33. The number of aryl methyl sites for hydroxylation is 1. The molecule has 4 nitrogen and oxygen atoms in total. The number of hydrogen-bond acceptors (Lipinski definition) is 4. The third-order valence-electron chi connectivity index (χ3n) is 1.24. The molecular weight excluding hydrogens is 136 g/mol. The molecule has 0 fully saturated rings. The van der Waals surface area contributed by atoms with Crippen LogP contribution < -0.4 is 0 Å². The lowest BCUT2D eigenvalue weighted by molar-refractivity contribution is 0.529. The fraction of sp³-hybridized carbons (Fsp3) is 0.750. The minimum absolute atomic E-state index is 0.959. The number of nitrogens with zero attached hydrogens (tertiary/aromatic N) is 4. The van der Waals surface area contributed by atoms with Gasteiger partial charge in [0, 0.05) is 12.3 Å². The van der Waals surface area contributed by atoms with Gasteiger partial charge >= 0.3 is 0 Å². The van der Waals surface area contributed by atoms with Gasteiger partial charge < -0.3 is 0 Å². The Morgan fingerprint density at radius 2 is 2.56 bits per heavy atom. The number of aromatic nitrogens is 4. The maximum Gasteiger partial charge on any atom is 0.209 e. The van der Waals surface area contributed by atoms with Gasteiger partial charge in [0.15, 0.2) is 0 Å². The van der Waals surface area contributed by atoms with E-state index in [9.17, 15) is 0 Å². The molecule has 1 aromatic rings. The second-order valence-electron chi connectivity index (χ2n) is 1.89. The van der Waals surface area contributed by atoms with E-state index >= 15 is 0 Å². The van der Waals surface area contributed by atoms with E-state index in [-0.39, 0.29) is 0 Å². The highest BCUT2D eigenvalue weighted by Gasteiger charge is 2.10. The van der Waals surface area contributed by atoms with Crippen molar-refractivity contribution < 1.29 is 0 Å². The van der Waals surface area contributed by atoms with Gasteiger partial charge in [-0.25, -0.2) is 4.68 Å². The summed E-state index contributed by atoms with van der Waals surface area (Å²) in [5.74, 6) is 1.15. The van der Waals surface area contributed by atoms with Crippen molar-refractivity contribution in [2.45, 2.75) is 18.1 Å². The smallest absolute Gasteiger partial charge is 0.209 e. The highest BCUT2D eigenvalue weighted by Crippen LogP contribution is 2.19. The van der Waals surface area contributed by atoms with Crippen LogP contribution in [0.5, 0.6) is 0 Å². The minimum atomic E-state index is 0.959. The van der Waals surface area contributed by atoms with E-state index in [0.717, 1.165) is 17.5 Å². The van der Waals surface area contributed by atoms with E-state index in [2.05, 4.69) is 15.5 Å². The number of hydrogen-bond donors (Lipinski definition) is 0. The van der Waals surface area contributed by atoms with Gasteiger partial charge in [0.1, 0.15) is 0 Å². The Balaban J connectivity index is 2.39. The standard InChI is InChI=1S/C4H6N4S/c1-2-8-4(9-3-1)5-6-7-8/h1-3H2. The molecule has 0 saturated carbocycles. The van der Waals surface area contributed by atoms with Crippen LogP contribution in [0.3, 0.4) is 0 Å². The Morgan fingerprint density at radius 1 is 1.56 bits per heavy atom. The Morgan fingerprint density at radius 3 is 3.44 bits per heavy atom. The Kier molecular flexibility index (Phi) is 1.15. The molecule has 5 heteroatoms. The van der Waals surface area contributed by atoms with Crippen LogP contribution in [0.15, 0.2) is 5.16 Å². The molecule has 0 aliphatic carbocycles. The van der Waals surface area contributed by atoms with Gasteiger partial charge in [-0.3, -0.25) is 0 Å². The van der Waals surface area contributed by atoms with E-state index < -0.39 is 0 Å². The molecule has 0 N–H and O–H groups in total. The quantitative estimate of drug-likeness (QED) is 0.518. The summed E-state index contributed by atoms with van der Waals surface area (Å²) in [6, 6.07) is 0. The lowest BCUT2D eigenvalue weighted by Crippen LogP contribution is -2.07. The van der Waals surface area contributed by atoms with Gasteiger partial charge in [0.2, 0.25) is 5.16 Å². The molecule has 0 radical (unpaired) electrons. The molecule has 48 valence electrons. The zero-order valence-electron chi connectivity index (χ0n) is 4.82. The van der Waals surface area contributed by atoms with Crippen molar-refractivity contribution >= 4 is 11.8 Å². The van der Waals surface area contributed by atoms with E-state index in [1.165, 1.54) is 6.42 Å². The molecule has 1 aliphatic heterocycles. The first-order chi connectivity index (χ1) is 4.47. The SMILES string of the molecule is C1CSc2nnnn2C1. The molecule has 0 unspecified atom stereocenters. The van der Waals surface area contributed by atoms with Crippen LogP contribution in [-0.2, 0) is 6.54 Å². The third kappa shape index (κ3) is 0.808. The zero-order valence-corrected chi connectivity index (χ0v) is 5.63. The monoisotopic (exact) mass is 142 g/mol. The summed E-state index contributed by atoms with van der Waals surface area (Å²) < 4.78 is 1.84. The second kappa shape index (κ2) is 1.98. The molecule has 1 aromatic heterocycles. The maximum absolute atomic E-state index is 3.82. The maximum atomic E-state index is 3.82. The van der Waals surface area contributed by atoms with Gasteiger partial charge in [-0.1, -0.05) is 11.8 Å². The van der Waals surface area contributed by atoms with Crippen molar-refractivity contribution in [2.75, 3.05) is 5.75 Å². The van der Waals surface area contributed by atoms with Gasteiger partial charge in [0.05, 0.1) is 0 Å². The van der Waals surface area contributed by atoms with Gasteiger partial charge in [-0.2, -0.15) is 0 Å². The van der Waals surface area contributed by atoms with Gasteiger partial charge in [0.25, 0.3) is 0 Å². The molecule has 0 bridgehead atoms. The first kappa shape index (κ1) is 5.22. The molecule has 2 heterocycles. The Hall–Kier alpha value is -0.580. The molecular formula is C4H6N4S. The Labute approximate surface area is 56.6 Å². The molecule has 1 aliphatic rings. The summed E-state index contributed by atoms with van der Waals surface area (Å²) in [5, 5.41) is 12.1. The second-order valence-corrected chi connectivity index (χ2v) is 2.95. The van der Waals surface area contributed by atoms with Crippen LogP contribution in [0.2, 0.25) is 0 Å². The highest BCUT2D eigenvalue weighted by atomic mass is 32.2. The van der Waals surface area contributed by atoms with Crippen LogP contribution in [0.1, 0.15) is 6.42 Å². The van der Waals surface area contributed by atoms with Crippen molar-refractivity contribution in [1.82, 2.24) is 20.2 Å². The normalized spacial score (nSPS) is 17.3. The number of fused-ring (bicyclic) bond motifs is 1. The predicted molar refractivity (Wildman–Crippen MR) is 33.2 cm³/mol. The molecule has 9 heavy (non-hydrogen) atoms. The number of tetrazole rings is 1. The first-order valence-corrected chi connectivity index (χ1v) is 3.84. The third-order valence-corrected chi connectivity index (χ3v) is 2.29. The van der Waals surface area contributed by atoms with E-state index in [0.29, 0.717) is 0 Å². The molecule has 0 atom stereocenters. The van der Waals surface area contributed by atoms with Crippen LogP contribution in [0, 0.1) is 0 Å². The van der Waals surface area contributed by atoms with Gasteiger partial charge in [-0.15, -0.1) is 5.10 Å². The van der Waals surface area contributed by atoms with Crippen LogP contribution >= 0.6 is 11.8 Å². The first-order valence-electron chi connectivity index (χ1n) is 2.86. The molecule has 2 rings (SSSR count). The lowest BCUT2D eigenvalue weighted by Gasteiger charge is -2.07. The van der Waals surface area contributed by atoms with Gasteiger partial charge in [-0.05, 0) is 16.8 Å². The van der Waals surface area contributed by atoms with Crippen molar-refractivity contribution in [3.8, 4) is 0 Å². The molecule has 0 amide bonds. The lowest BCUT2D eigenvalue weighted by atomic mass is 10.5. The van der Waals surface area contributed by atoms with E-state index in [1.54, 1.807) is 11.8 Å². The fourth-order valence-corrected chi connectivity index (χ4v) is 1.65. The molecule has 0 saturated heterocycles. The van der Waals surface area contributed by atoms with Crippen LogP contribution in [0.4, 0.5) is 0 Å². The molecule has 0 aromatic carbocycles. The largest absolute Gasteiger partial charge is 0.220 e. The van der Waals surface area contributed by atoms with Crippen molar-refractivity contribution in [3.63, 3.8) is 0 Å². The summed E-state index contributed by atoms with van der Waals surface area (Å²) in [4.78, 5) is 0. The number of rotatable bonds is 0. The van der Waals surface area contributed by atoms with Crippen molar-refractivity contribution in [3.05, 3.63) is 0 Å². The summed E-state index contributed by atoms with van der Waals surface area (Å²) in [6.45, 7) is 0.981. The Bertz CT molecular complexity index is 188. The summed E-state index contributed by atoms with van der Waals surface area (Å²) in [6.07, 6.45) is 1.18. The zero-order chi connectivity index (χ0) is 6.10. The fourth-order valence-electron chi connectivity index (χ4n) is 0.818. The topological polar surface area (TPSA) is 43.6 Å². The summed E-state index contributed by atoms with van der Waals surface area (Å²) >= 11 is 1.72. The molecule has 0 spiro atoms. The summed E-state index contributed by atoms with van der Waals surface area (Å²) in [5.41, 5.74) is 0. The summed E-state index contributed by atoms with van der Waals surface area (Å²) in [7, 11) is 0.